The molecule has 2 amide bonds. The van der Waals surface area contributed by atoms with Crippen LogP contribution in [0.1, 0.15) is 29.5 Å². The highest BCUT2D eigenvalue weighted by Gasteiger charge is 2.27. The lowest BCUT2D eigenvalue weighted by Crippen LogP contribution is -2.49. The predicted molar refractivity (Wildman–Crippen MR) is 141 cm³/mol. The molecule has 3 aromatic rings. The number of carbonyl (C=O) groups excluding carboxylic acids is 2. The molecule has 2 N–H and O–H groups in total. The average molecular weight is 524 g/mol. The maximum absolute atomic E-state index is 14.6. The van der Waals surface area contributed by atoms with Crippen molar-refractivity contribution in [3.8, 4) is 11.4 Å². The molecule has 0 radical (unpaired) electrons. The third-order valence-corrected chi connectivity index (χ3v) is 6.61. The molecule has 0 saturated carbocycles. The first-order chi connectivity index (χ1) is 18.3. The van der Waals surface area contributed by atoms with E-state index in [0.29, 0.717) is 43.3 Å². The van der Waals surface area contributed by atoms with Gasteiger partial charge in [-0.2, -0.15) is 4.98 Å². The van der Waals surface area contributed by atoms with Gasteiger partial charge in [-0.3, -0.25) is 14.6 Å². The largest absolute Gasteiger partial charge is 0.376 e. The quantitative estimate of drug-likeness (QED) is 0.370. The molecule has 38 heavy (non-hydrogen) atoms. The maximum atomic E-state index is 14.6. The lowest BCUT2D eigenvalue weighted by atomic mass is 10.1. The highest BCUT2D eigenvalue weighted by Crippen LogP contribution is 2.27. The first kappa shape index (κ1) is 27.2. The van der Waals surface area contributed by atoms with Gasteiger partial charge < -0.3 is 20.1 Å². The van der Waals surface area contributed by atoms with Crippen LogP contribution in [0.5, 0.6) is 0 Å². The van der Waals surface area contributed by atoms with Gasteiger partial charge in [-0.1, -0.05) is 36.3 Å². The Morgan fingerprint density at radius 3 is 2.47 bits per heavy atom. The summed E-state index contributed by atoms with van der Waals surface area (Å²) in [6.45, 7) is 8.25. The SMILES string of the molecule is CCNCCN(CC(=O)N(C)N1Cc2ccccc2C1)C(=O)CNc1cc(-c2noc(C)n2)c(F)cc1C. The monoisotopic (exact) mass is 523 g/mol. The molecule has 1 aliphatic heterocycles. The molecule has 1 aliphatic rings. The Kier molecular flexibility index (Phi) is 8.70. The normalized spacial score (nSPS) is 12.9. The molecule has 0 unspecified atom stereocenters. The van der Waals surface area contributed by atoms with Crippen LogP contribution in [0.3, 0.4) is 0 Å². The van der Waals surface area contributed by atoms with Crippen LogP contribution in [-0.4, -0.2) is 76.6 Å². The number of aromatic nitrogens is 2. The van der Waals surface area contributed by atoms with Gasteiger partial charge in [0.1, 0.15) is 12.4 Å². The van der Waals surface area contributed by atoms with E-state index in [1.165, 1.54) is 17.2 Å². The summed E-state index contributed by atoms with van der Waals surface area (Å²) in [5, 5.41) is 13.7. The zero-order chi connectivity index (χ0) is 27.2. The van der Waals surface area contributed by atoms with Crippen molar-refractivity contribution in [3.05, 3.63) is 64.8 Å². The fourth-order valence-corrected chi connectivity index (χ4v) is 4.36. The third kappa shape index (κ3) is 6.35. The van der Waals surface area contributed by atoms with E-state index in [2.05, 4.69) is 32.9 Å². The van der Waals surface area contributed by atoms with E-state index in [9.17, 15) is 14.0 Å². The minimum absolute atomic E-state index is 0.0506. The lowest BCUT2D eigenvalue weighted by Gasteiger charge is -2.31. The molecule has 0 spiro atoms. The van der Waals surface area contributed by atoms with Crippen LogP contribution in [-0.2, 0) is 22.7 Å². The van der Waals surface area contributed by atoms with E-state index in [-0.39, 0.29) is 36.3 Å². The van der Waals surface area contributed by atoms with E-state index in [1.54, 1.807) is 36.9 Å². The third-order valence-electron chi connectivity index (χ3n) is 6.61. The fourth-order valence-electron chi connectivity index (χ4n) is 4.36. The summed E-state index contributed by atoms with van der Waals surface area (Å²) in [5.74, 6) is -0.427. The number of likely N-dealkylation sites (N-methyl/N-ethyl adjacent to an activating group) is 2. The van der Waals surface area contributed by atoms with Crippen molar-refractivity contribution >= 4 is 17.5 Å². The van der Waals surface area contributed by atoms with Gasteiger partial charge >= 0.3 is 0 Å². The van der Waals surface area contributed by atoms with Gasteiger partial charge in [0.15, 0.2) is 0 Å². The Morgan fingerprint density at radius 2 is 1.84 bits per heavy atom. The Bertz CT molecular complexity index is 1270. The van der Waals surface area contributed by atoms with Crippen LogP contribution in [0, 0.1) is 19.7 Å². The summed E-state index contributed by atoms with van der Waals surface area (Å²) < 4.78 is 19.6. The molecule has 10 nitrogen and oxygen atoms in total. The van der Waals surface area contributed by atoms with Gasteiger partial charge in [0.2, 0.25) is 17.6 Å². The molecule has 1 aromatic heterocycles. The minimum Gasteiger partial charge on any atom is -0.376 e. The van der Waals surface area contributed by atoms with Gasteiger partial charge in [-0.25, -0.2) is 9.40 Å². The van der Waals surface area contributed by atoms with Crippen LogP contribution < -0.4 is 10.6 Å². The van der Waals surface area contributed by atoms with Crippen LogP contribution in [0.15, 0.2) is 40.9 Å². The molecular weight excluding hydrogens is 489 g/mol. The number of aryl methyl sites for hydroxylation is 2. The molecular formula is C27H34FN7O3. The predicted octanol–water partition coefficient (Wildman–Crippen LogP) is 2.73. The summed E-state index contributed by atoms with van der Waals surface area (Å²) in [4.78, 5) is 32.1. The van der Waals surface area contributed by atoms with E-state index in [1.807, 2.05) is 24.1 Å². The number of hydrogen-bond acceptors (Lipinski definition) is 8. The summed E-state index contributed by atoms with van der Waals surface area (Å²) in [7, 11) is 1.74. The summed E-state index contributed by atoms with van der Waals surface area (Å²) in [5.41, 5.74) is 3.77. The zero-order valence-electron chi connectivity index (χ0n) is 22.3. The molecule has 0 aliphatic carbocycles. The molecule has 2 heterocycles. The van der Waals surface area contributed by atoms with E-state index >= 15 is 0 Å². The molecule has 4 rings (SSSR count). The van der Waals surface area contributed by atoms with Crippen molar-refractivity contribution in [1.82, 2.24) is 30.4 Å². The number of carbonyl (C=O) groups is 2. The zero-order valence-corrected chi connectivity index (χ0v) is 22.3. The minimum atomic E-state index is -0.481. The van der Waals surface area contributed by atoms with Crippen LogP contribution in [0.25, 0.3) is 11.4 Å². The molecule has 0 atom stereocenters. The van der Waals surface area contributed by atoms with Crippen molar-refractivity contribution in [3.63, 3.8) is 0 Å². The van der Waals surface area contributed by atoms with E-state index < -0.39 is 5.82 Å². The van der Waals surface area contributed by atoms with Crippen molar-refractivity contribution in [2.24, 2.45) is 0 Å². The topological polar surface area (TPSA) is 107 Å². The number of anilines is 1. The smallest absolute Gasteiger partial charge is 0.256 e. The van der Waals surface area contributed by atoms with E-state index in [4.69, 9.17) is 4.52 Å². The Hall–Kier alpha value is -3.83. The number of hydrazine groups is 1. The summed E-state index contributed by atoms with van der Waals surface area (Å²) >= 11 is 0. The number of nitrogens with zero attached hydrogens (tertiary/aromatic N) is 5. The number of amides is 2. The van der Waals surface area contributed by atoms with Crippen LogP contribution in [0.4, 0.5) is 10.1 Å². The van der Waals surface area contributed by atoms with Crippen molar-refractivity contribution in [2.45, 2.75) is 33.9 Å². The number of rotatable bonds is 11. The van der Waals surface area contributed by atoms with Crippen molar-refractivity contribution in [1.29, 1.82) is 0 Å². The van der Waals surface area contributed by atoms with Gasteiger partial charge in [-0.05, 0) is 42.3 Å². The highest BCUT2D eigenvalue weighted by molar-refractivity contribution is 5.87. The van der Waals surface area contributed by atoms with Crippen LogP contribution in [0.2, 0.25) is 0 Å². The average Bonchev–Trinajstić information content (AvgIpc) is 3.53. The van der Waals surface area contributed by atoms with Crippen molar-refractivity contribution in [2.75, 3.05) is 45.1 Å². The first-order valence-electron chi connectivity index (χ1n) is 12.7. The van der Waals surface area contributed by atoms with Crippen molar-refractivity contribution < 1.29 is 18.5 Å². The highest BCUT2D eigenvalue weighted by atomic mass is 19.1. The standard InChI is InChI=1S/C27H34FN7O3/c1-5-29-10-11-34(17-26(37)33(4)35-15-20-8-6-7-9-21(20)16-35)25(36)14-30-24-13-22(23(28)12-18(24)2)27-31-19(3)38-32-27/h6-9,12-13,29-30H,5,10-11,14-17H2,1-4H3. The molecule has 2 aromatic carbocycles. The molecule has 0 bridgehead atoms. The molecule has 0 saturated heterocycles. The summed E-state index contributed by atoms with van der Waals surface area (Å²) in [6.07, 6.45) is 0. The van der Waals surface area contributed by atoms with Gasteiger partial charge in [0, 0.05) is 45.8 Å². The number of halogens is 1. The number of benzene rings is 2. The van der Waals surface area contributed by atoms with Gasteiger partial charge in [0.25, 0.3) is 5.91 Å². The Morgan fingerprint density at radius 1 is 1.13 bits per heavy atom. The first-order valence-corrected chi connectivity index (χ1v) is 12.7. The second-order valence-corrected chi connectivity index (χ2v) is 9.32. The number of nitrogens with one attached hydrogen (secondary N) is 2. The van der Waals surface area contributed by atoms with E-state index in [0.717, 1.165) is 6.54 Å². The molecule has 11 heteroatoms. The van der Waals surface area contributed by atoms with Gasteiger partial charge in [0.05, 0.1) is 12.1 Å². The second-order valence-electron chi connectivity index (χ2n) is 9.32. The maximum Gasteiger partial charge on any atom is 0.256 e. The molecule has 0 fully saturated rings. The Balaban J connectivity index is 1.41. The number of hydrogen-bond donors (Lipinski definition) is 2. The fraction of sp³-hybridized carbons (Fsp3) is 0.407. The van der Waals surface area contributed by atoms with Crippen LogP contribution >= 0.6 is 0 Å². The van der Waals surface area contributed by atoms with Gasteiger partial charge in [-0.15, -0.1) is 0 Å². The molecule has 202 valence electrons. The number of fused-ring (bicyclic) bond motifs is 1. The Labute approximate surface area is 221 Å². The second kappa shape index (κ2) is 12.1. The summed E-state index contributed by atoms with van der Waals surface area (Å²) in [6, 6.07) is 11.0. The lowest BCUT2D eigenvalue weighted by molar-refractivity contribution is -0.151.